The number of carboxylic acids is 1. The van der Waals surface area contributed by atoms with Gasteiger partial charge in [-0.25, -0.2) is 0 Å². The Hall–Kier alpha value is -4.71. The van der Waals surface area contributed by atoms with Crippen molar-refractivity contribution >= 4 is 23.5 Å². The number of carboxylic acid groups (broad SMARTS) is 1. The number of rotatable bonds is 8. The largest absolute Gasteiger partial charge is 0.481 e. The molecule has 1 unspecified atom stereocenters. The molecule has 6 nitrogen and oxygen atoms in total. The van der Waals surface area contributed by atoms with Crippen LogP contribution in [0.2, 0.25) is 0 Å². The predicted molar refractivity (Wildman–Crippen MR) is 154 cm³/mol. The van der Waals surface area contributed by atoms with Gasteiger partial charge < -0.3 is 15.7 Å². The standard InChI is InChI=1S/C33H32N2O4/c1-33(2,3)26-19-17-25(18-20-26)31(38)34-28-12-8-7-11-27(28)32(39)35-29(21-30(36)37)24-15-13-23(14-16-24)22-9-5-4-6-10-22/h4-20,29H,21H2,1-3H3,(H,34,38)(H,35,39)(H,36,37). The van der Waals surface area contributed by atoms with Crippen LogP contribution in [0.25, 0.3) is 11.1 Å². The fourth-order valence-electron chi connectivity index (χ4n) is 4.31. The van der Waals surface area contributed by atoms with E-state index in [1.807, 2.05) is 66.7 Å². The number of benzene rings is 4. The Morgan fingerprint density at radius 2 is 1.31 bits per heavy atom. The molecule has 4 rings (SSSR count). The van der Waals surface area contributed by atoms with Crippen molar-refractivity contribution in [1.29, 1.82) is 0 Å². The van der Waals surface area contributed by atoms with Crippen LogP contribution in [0, 0.1) is 0 Å². The van der Waals surface area contributed by atoms with Gasteiger partial charge >= 0.3 is 5.97 Å². The number of carbonyl (C=O) groups excluding carboxylic acids is 2. The zero-order valence-corrected chi connectivity index (χ0v) is 22.3. The van der Waals surface area contributed by atoms with Gasteiger partial charge in [0.05, 0.1) is 23.7 Å². The summed E-state index contributed by atoms with van der Waals surface area (Å²) < 4.78 is 0. The van der Waals surface area contributed by atoms with Gasteiger partial charge in [-0.3, -0.25) is 14.4 Å². The number of para-hydroxylation sites is 1. The molecule has 0 saturated carbocycles. The molecule has 3 N–H and O–H groups in total. The lowest BCUT2D eigenvalue weighted by Crippen LogP contribution is -2.31. The number of hydrogen-bond donors (Lipinski definition) is 3. The Morgan fingerprint density at radius 3 is 1.92 bits per heavy atom. The van der Waals surface area contributed by atoms with Gasteiger partial charge in [0.15, 0.2) is 0 Å². The minimum atomic E-state index is -1.03. The molecular weight excluding hydrogens is 488 g/mol. The maximum Gasteiger partial charge on any atom is 0.305 e. The summed E-state index contributed by atoms with van der Waals surface area (Å²) in [5.74, 6) is -1.85. The third kappa shape index (κ3) is 6.99. The fourth-order valence-corrected chi connectivity index (χ4v) is 4.31. The van der Waals surface area contributed by atoms with Crippen molar-refractivity contribution in [2.45, 2.75) is 38.6 Å². The summed E-state index contributed by atoms with van der Waals surface area (Å²) in [6.45, 7) is 6.31. The second kappa shape index (κ2) is 11.8. The first-order valence-electron chi connectivity index (χ1n) is 12.8. The van der Waals surface area contributed by atoms with Crippen LogP contribution in [-0.4, -0.2) is 22.9 Å². The summed E-state index contributed by atoms with van der Waals surface area (Å²) >= 11 is 0. The van der Waals surface area contributed by atoms with Crippen LogP contribution in [0.15, 0.2) is 103 Å². The Kier molecular flexibility index (Phi) is 8.25. The number of carbonyl (C=O) groups is 3. The molecule has 0 aromatic heterocycles. The van der Waals surface area contributed by atoms with Gasteiger partial charge in [0.1, 0.15) is 0 Å². The number of amides is 2. The van der Waals surface area contributed by atoms with E-state index in [0.717, 1.165) is 16.7 Å². The van der Waals surface area contributed by atoms with E-state index in [4.69, 9.17) is 0 Å². The van der Waals surface area contributed by atoms with E-state index in [2.05, 4.69) is 31.4 Å². The molecule has 0 heterocycles. The predicted octanol–water partition coefficient (Wildman–Crippen LogP) is 6.85. The van der Waals surface area contributed by atoms with Crippen LogP contribution in [-0.2, 0) is 10.2 Å². The number of aliphatic carboxylic acids is 1. The normalized spacial score (nSPS) is 11.9. The second-order valence-electron chi connectivity index (χ2n) is 10.4. The molecule has 0 fully saturated rings. The maximum atomic E-state index is 13.3. The highest BCUT2D eigenvalue weighted by atomic mass is 16.4. The van der Waals surface area contributed by atoms with Crippen molar-refractivity contribution in [3.05, 3.63) is 125 Å². The SMILES string of the molecule is CC(C)(C)c1ccc(C(=O)Nc2ccccc2C(=O)NC(CC(=O)O)c2ccc(-c3ccccc3)cc2)cc1. The van der Waals surface area contributed by atoms with Crippen molar-refractivity contribution < 1.29 is 19.5 Å². The summed E-state index contributed by atoms with van der Waals surface area (Å²) in [5.41, 5.74) is 4.84. The van der Waals surface area contributed by atoms with Gasteiger partial charge in [0.25, 0.3) is 11.8 Å². The first kappa shape index (κ1) is 27.3. The van der Waals surface area contributed by atoms with Crippen molar-refractivity contribution in [1.82, 2.24) is 5.32 Å². The van der Waals surface area contributed by atoms with Crippen LogP contribution in [0.5, 0.6) is 0 Å². The molecule has 1 atom stereocenters. The van der Waals surface area contributed by atoms with Crippen molar-refractivity contribution in [3.63, 3.8) is 0 Å². The Bertz CT molecular complexity index is 1450. The molecule has 0 aliphatic rings. The van der Waals surface area contributed by atoms with Gasteiger partial charge in [0.2, 0.25) is 0 Å². The summed E-state index contributed by atoms with van der Waals surface area (Å²) in [5, 5.41) is 15.2. The summed E-state index contributed by atoms with van der Waals surface area (Å²) in [7, 11) is 0. The molecule has 6 heteroatoms. The van der Waals surface area contributed by atoms with Gasteiger partial charge in [-0.15, -0.1) is 0 Å². The van der Waals surface area contributed by atoms with Crippen LogP contribution in [0.4, 0.5) is 5.69 Å². The first-order valence-corrected chi connectivity index (χ1v) is 12.8. The lowest BCUT2D eigenvalue weighted by atomic mass is 9.86. The zero-order valence-electron chi connectivity index (χ0n) is 22.3. The molecule has 0 saturated heterocycles. The molecule has 0 radical (unpaired) electrons. The van der Waals surface area contributed by atoms with Crippen molar-refractivity contribution in [2.24, 2.45) is 0 Å². The molecule has 0 aliphatic carbocycles. The van der Waals surface area contributed by atoms with Gasteiger partial charge in [-0.1, -0.05) is 99.6 Å². The summed E-state index contributed by atoms with van der Waals surface area (Å²) in [6, 6.07) is 30.6. The Morgan fingerprint density at radius 1 is 0.718 bits per heavy atom. The summed E-state index contributed by atoms with van der Waals surface area (Å²) in [4.78, 5) is 37.9. The van der Waals surface area contributed by atoms with Gasteiger partial charge in [0, 0.05) is 5.56 Å². The molecule has 0 bridgehead atoms. The molecule has 198 valence electrons. The highest BCUT2D eigenvalue weighted by Gasteiger charge is 2.22. The van der Waals surface area contributed by atoms with Gasteiger partial charge in [-0.2, -0.15) is 0 Å². The molecule has 2 amide bonds. The highest BCUT2D eigenvalue weighted by Crippen LogP contribution is 2.26. The smallest absolute Gasteiger partial charge is 0.305 e. The summed E-state index contributed by atoms with van der Waals surface area (Å²) in [6.07, 6.45) is -0.287. The quantitative estimate of drug-likeness (QED) is 0.237. The molecule has 4 aromatic rings. The second-order valence-corrected chi connectivity index (χ2v) is 10.4. The molecule has 0 aliphatic heterocycles. The van der Waals surface area contributed by atoms with Crippen LogP contribution in [0.1, 0.15) is 65.1 Å². The van der Waals surface area contributed by atoms with Crippen LogP contribution in [0.3, 0.4) is 0 Å². The monoisotopic (exact) mass is 520 g/mol. The highest BCUT2D eigenvalue weighted by molar-refractivity contribution is 6.09. The Balaban J connectivity index is 1.52. The van der Waals surface area contributed by atoms with Crippen molar-refractivity contribution in [2.75, 3.05) is 5.32 Å². The zero-order chi connectivity index (χ0) is 28.0. The Labute approximate surface area is 228 Å². The lowest BCUT2D eigenvalue weighted by molar-refractivity contribution is -0.137. The third-order valence-corrected chi connectivity index (χ3v) is 6.54. The van der Waals surface area contributed by atoms with E-state index in [1.54, 1.807) is 36.4 Å². The molecule has 4 aromatic carbocycles. The van der Waals surface area contributed by atoms with E-state index in [1.165, 1.54) is 0 Å². The van der Waals surface area contributed by atoms with E-state index >= 15 is 0 Å². The lowest BCUT2D eigenvalue weighted by Gasteiger charge is -2.20. The van der Waals surface area contributed by atoms with E-state index < -0.39 is 17.9 Å². The van der Waals surface area contributed by atoms with Crippen LogP contribution >= 0.6 is 0 Å². The van der Waals surface area contributed by atoms with Crippen molar-refractivity contribution in [3.8, 4) is 11.1 Å². The fraction of sp³-hybridized carbons (Fsp3) is 0.182. The minimum Gasteiger partial charge on any atom is -0.481 e. The third-order valence-electron chi connectivity index (χ3n) is 6.54. The maximum absolute atomic E-state index is 13.3. The minimum absolute atomic E-state index is 0.0337. The van der Waals surface area contributed by atoms with E-state index in [0.29, 0.717) is 16.8 Å². The number of hydrogen-bond acceptors (Lipinski definition) is 3. The number of anilines is 1. The average Bonchev–Trinajstić information content (AvgIpc) is 2.93. The topological polar surface area (TPSA) is 95.5 Å². The molecule has 39 heavy (non-hydrogen) atoms. The van der Waals surface area contributed by atoms with E-state index in [-0.39, 0.29) is 23.3 Å². The average molecular weight is 521 g/mol. The van der Waals surface area contributed by atoms with Gasteiger partial charge in [-0.05, 0) is 51.9 Å². The van der Waals surface area contributed by atoms with E-state index in [9.17, 15) is 19.5 Å². The van der Waals surface area contributed by atoms with Crippen LogP contribution < -0.4 is 10.6 Å². The number of nitrogens with one attached hydrogen (secondary N) is 2. The molecular formula is C33H32N2O4. The molecule has 0 spiro atoms. The first-order chi connectivity index (χ1) is 18.6.